The first-order valence-corrected chi connectivity index (χ1v) is 6.94. The van der Waals surface area contributed by atoms with Crippen molar-refractivity contribution in [1.82, 2.24) is 0 Å². The molecule has 0 radical (unpaired) electrons. The molecular formula is C14H35N. The Kier molecular flexibility index (Phi) is 39.7. The van der Waals surface area contributed by atoms with Crippen LogP contribution in [-0.4, -0.2) is 6.54 Å². The third kappa shape index (κ3) is 56.2. The molecule has 0 aromatic rings. The molecule has 0 aliphatic heterocycles. The molecule has 0 amide bonds. The molecule has 0 fully saturated rings. The van der Waals surface area contributed by atoms with Gasteiger partial charge in [-0.25, -0.2) is 0 Å². The first-order valence-electron chi connectivity index (χ1n) is 6.94. The van der Waals surface area contributed by atoms with Crippen LogP contribution in [0, 0.1) is 0 Å². The predicted octanol–water partition coefficient (Wildman–Crippen LogP) is 5.14. The summed E-state index contributed by atoms with van der Waals surface area (Å²) in [5, 5.41) is 0. The average Bonchev–Trinajstić information content (AvgIpc) is 2.25. The molecule has 0 atom stereocenters. The van der Waals surface area contributed by atoms with Crippen molar-refractivity contribution in [3.63, 3.8) is 0 Å². The number of rotatable bonds is 6. The molecule has 0 aromatic carbocycles. The Labute approximate surface area is 98.8 Å². The maximum absolute atomic E-state index is 4.85. The van der Waals surface area contributed by atoms with E-state index >= 15 is 0 Å². The van der Waals surface area contributed by atoms with Gasteiger partial charge in [-0.05, 0) is 6.54 Å². The summed E-state index contributed by atoms with van der Waals surface area (Å²) in [6, 6.07) is 0. The third-order valence-corrected chi connectivity index (χ3v) is 1.91. The minimum absolute atomic E-state index is 0.750. The zero-order chi connectivity index (χ0) is 12.4. The van der Waals surface area contributed by atoms with Gasteiger partial charge in [0.25, 0.3) is 0 Å². The molecule has 0 saturated carbocycles. The van der Waals surface area contributed by atoms with Crippen LogP contribution in [-0.2, 0) is 0 Å². The van der Waals surface area contributed by atoms with Gasteiger partial charge >= 0.3 is 0 Å². The van der Waals surface area contributed by atoms with Crippen LogP contribution in [0.3, 0.4) is 0 Å². The highest BCUT2D eigenvalue weighted by Gasteiger charge is 1.75. The summed E-state index contributed by atoms with van der Waals surface area (Å²) >= 11 is 0. The second-order valence-electron chi connectivity index (χ2n) is 3.82. The van der Waals surface area contributed by atoms with E-state index in [1.807, 2.05) is 6.92 Å². The van der Waals surface area contributed by atoms with Gasteiger partial charge in [-0.15, -0.1) is 0 Å². The fraction of sp³-hybridized carbons (Fsp3) is 1.00. The van der Waals surface area contributed by atoms with E-state index in [0.717, 1.165) is 6.54 Å². The zero-order valence-corrected chi connectivity index (χ0v) is 11.9. The van der Waals surface area contributed by atoms with Crippen molar-refractivity contribution >= 4 is 0 Å². The molecule has 0 aliphatic rings. The number of hydrogen-bond donors (Lipinski definition) is 1. The van der Waals surface area contributed by atoms with Crippen LogP contribution in [0.4, 0.5) is 0 Å². The summed E-state index contributed by atoms with van der Waals surface area (Å²) in [6.45, 7) is 11.6. The highest BCUT2D eigenvalue weighted by atomic mass is 14.5. The van der Waals surface area contributed by atoms with Crippen LogP contribution >= 0.6 is 0 Å². The van der Waals surface area contributed by atoms with E-state index < -0.39 is 0 Å². The SMILES string of the molecule is CCCCCC.CCCCCC.CCN. The highest BCUT2D eigenvalue weighted by molar-refractivity contribution is 4.31. The molecule has 0 heterocycles. The number of nitrogens with two attached hydrogens (primary N) is 1. The molecule has 1 nitrogen and oxygen atoms in total. The van der Waals surface area contributed by atoms with Crippen LogP contribution in [0.25, 0.3) is 0 Å². The van der Waals surface area contributed by atoms with E-state index in [1.165, 1.54) is 51.4 Å². The summed E-state index contributed by atoms with van der Waals surface area (Å²) in [4.78, 5) is 0. The van der Waals surface area contributed by atoms with Crippen molar-refractivity contribution in [2.45, 2.75) is 86.0 Å². The van der Waals surface area contributed by atoms with Crippen molar-refractivity contribution in [3.8, 4) is 0 Å². The fourth-order valence-corrected chi connectivity index (χ4v) is 1.000. The molecule has 0 unspecified atom stereocenters. The smallest absolute Gasteiger partial charge is 0.0106 e. The van der Waals surface area contributed by atoms with Gasteiger partial charge in [0.1, 0.15) is 0 Å². The lowest BCUT2D eigenvalue weighted by Crippen LogP contribution is -1.87. The van der Waals surface area contributed by atoms with Gasteiger partial charge in [0.15, 0.2) is 0 Å². The molecule has 0 saturated heterocycles. The quantitative estimate of drug-likeness (QED) is 0.613. The molecule has 15 heavy (non-hydrogen) atoms. The van der Waals surface area contributed by atoms with Crippen LogP contribution in [0.5, 0.6) is 0 Å². The molecule has 0 bridgehead atoms. The summed E-state index contributed by atoms with van der Waals surface area (Å²) < 4.78 is 0. The van der Waals surface area contributed by atoms with Crippen LogP contribution in [0.2, 0.25) is 0 Å². The Bertz CT molecular complexity index is 46.4. The van der Waals surface area contributed by atoms with Crippen LogP contribution < -0.4 is 5.73 Å². The van der Waals surface area contributed by atoms with Crippen LogP contribution in [0.15, 0.2) is 0 Å². The Balaban J connectivity index is -0.000000153. The normalized spacial score (nSPS) is 8.40. The van der Waals surface area contributed by atoms with Crippen molar-refractivity contribution in [2.24, 2.45) is 5.73 Å². The molecule has 0 spiro atoms. The standard InChI is InChI=1S/2C6H14.C2H7N/c2*1-3-5-6-4-2;1-2-3/h2*3-6H2,1-2H3;2-3H2,1H3. The molecular weight excluding hydrogens is 182 g/mol. The first-order chi connectivity index (χ1) is 7.24. The Morgan fingerprint density at radius 2 is 0.667 bits per heavy atom. The Morgan fingerprint density at radius 1 is 0.533 bits per heavy atom. The highest BCUT2D eigenvalue weighted by Crippen LogP contribution is 1.95. The van der Waals surface area contributed by atoms with Crippen molar-refractivity contribution < 1.29 is 0 Å². The predicted molar refractivity (Wildman–Crippen MR) is 74.4 cm³/mol. The van der Waals surface area contributed by atoms with Gasteiger partial charge in [-0.1, -0.05) is 86.0 Å². The minimum atomic E-state index is 0.750. The summed E-state index contributed by atoms with van der Waals surface area (Å²) in [5.41, 5.74) is 4.85. The molecule has 2 N–H and O–H groups in total. The van der Waals surface area contributed by atoms with E-state index in [2.05, 4.69) is 27.7 Å². The third-order valence-electron chi connectivity index (χ3n) is 1.91. The molecule has 1 heteroatoms. The lowest BCUT2D eigenvalue weighted by Gasteiger charge is -1.86. The van der Waals surface area contributed by atoms with Crippen molar-refractivity contribution in [2.75, 3.05) is 6.54 Å². The largest absolute Gasteiger partial charge is 0.331 e. The lowest BCUT2D eigenvalue weighted by atomic mass is 10.2. The lowest BCUT2D eigenvalue weighted by molar-refractivity contribution is 0.702. The summed E-state index contributed by atoms with van der Waals surface area (Å²) in [7, 11) is 0. The maximum atomic E-state index is 4.85. The Hall–Kier alpha value is -0.0400. The summed E-state index contributed by atoms with van der Waals surface area (Å²) in [6.07, 6.45) is 11.1. The zero-order valence-electron chi connectivity index (χ0n) is 11.9. The van der Waals surface area contributed by atoms with Gasteiger partial charge in [0.2, 0.25) is 0 Å². The van der Waals surface area contributed by atoms with E-state index in [1.54, 1.807) is 0 Å². The second-order valence-corrected chi connectivity index (χ2v) is 3.82. The topological polar surface area (TPSA) is 26.0 Å². The van der Waals surface area contributed by atoms with Gasteiger partial charge in [-0.3, -0.25) is 0 Å². The molecule has 0 rings (SSSR count). The van der Waals surface area contributed by atoms with Crippen molar-refractivity contribution in [1.29, 1.82) is 0 Å². The second kappa shape index (κ2) is 29.2. The molecule has 96 valence electrons. The van der Waals surface area contributed by atoms with Gasteiger partial charge in [-0.2, -0.15) is 0 Å². The van der Waals surface area contributed by atoms with E-state index in [9.17, 15) is 0 Å². The molecule has 0 aliphatic carbocycles. The van der Waals surface area contributed by atoms with E-state index in [0.29, 0.717) is 0 Å². The number of unbranched alkanes of at least 4 members (excludes halogenated alkanes) is 6. The van der Waals surface area contributed by atoms with Crippen LogP contribution in [0.1, 0.15) is 86.0 Å². The van der Waals surface area contributed by atoms with Gasteiger partial charge < -0.3 is 5.73 Å². The van der Waals surface area contributed by atoms with Gasteiger partial charge in [0.05, 0.1) is 0 Å². The van der Waals surface area contributed by atoms with Crippen molar-refractivity contribution in [3.05, 3.63) is 0 Å². The maximum Gasteiger partial charge on any atom is -0.0106 e. The monoisotopic (exact) mass is 217 g/mol. The Morgan fingerprint density at radius 3 is 0.733 bits per heavy atom. The minimum Gasteiger partial charge on any atom is -0.331 e. The fourth-order valence-electron chi connectivity index (χ4n) is 1.000. The summed E-state index contributed by atoms with van der Waals surface area (Å²) in [5.74, 6) is 0. The molecule has 0 aromatic heterocycles. The van der Waals surface area contributed by atoms with Gasteiger partial charge in [0, 0.05) is 0 Å². The average molecular weight is 217 g/mol. The number of hydrogen-bond acceptors (Lipinski definition) is 1. The first kappa shape index (κ1) is 20.4. The van der Waals surface area contributed by atoms with E-state index in [4.69, 9.17) is 5.73 Å². The van der Waals surface area contributed by atoms with E-state index in [-0.39, 0.29) is 0 Å².